The van der Waals surface area contributed by atoms with Gasteiger partial charge in [0.1, 0.15) is 5.75 Å². The molecule has 6 heteroatoms. The molecule has 19 heavy (non-hydrogen) atoms. The lowest BCUT2D eigenvalue weighted by atomic mass is 10.1. The fraction of sp³-hybridized carbons (Fsp3) is 0.462. The molecule has 0 radical (unpaired) electrons. The summed E-state index contributed by atoms with van der Waals surface area (Å²) in [5, 5.41) is 11.6. The second-order valence-electron chi connectivity index (χ2n) is 3.80. The topological polar surface area (TPSA) is 77.0 Å². The van der Waals surface area contributed by atoms with Crippen LogP contribution in [0.3, 0.4) is 0 Å². The number of benzene rings is 1. The average molecular weight is 269 g/mol. The van der Waals surface area contributed by atoms with Gasteiger partial charge in [-0.2, -0.15) is 0 Å². The fourth-order valence-electron chi connectivity index (χ4n) is 1.79. The second-order valence-corrected chi connectivity index (χ2v) is 3.80. The summed E-state index contributed by atoms with van der Waals surface area (Å²) in [6.45, 7) is 0.203. The van der Waals surface area contributed by atoms with Crippen LogP contribution in [0.2, 0.25) is 0 Å². The molecular formula is C13H19NO5. The van der Waals surface area contributed by atoms with Crippen LogP contribution in [-0.4, -0.2) is 38.9 Å². The lowest BCUT2D eigenvalue weighted by Gasteiger charge is -2.32. The lowest BCUT2D eigenvalue weighted by molar-refractivity contribution is -0.238. The number of para-hydroxylation sites is 1. The Hall–Kier alpha value is -1.63. The smallest absolute Gasteiger partial charge is 0.304 e. The predicted octanol–water partition coefficient (Wildman–Crippen LogP) is 1.16. The third kappa shape index (κ3) is 3.66. The standard InChI is InChI=1S/C13H19NO5/c1-17-11-7-5-4-6-10(11)13(18-2,19-3)14-9-8-12(15)16/h4-7,14H,8-9H2,1-3H3,(H,15,16). The molecule has 0 amide bonds. The van der Waals surface area contributed by atoms with Gasteiger partial charge in [-0.3, -0.25) is 10.1 Å². The maximum atomic E-state index is 10.6. The molecule has 0 aromatic heterocycles. The molecule has 6 nitrogen and oxygen atoms in total. The molecule has 106 valence electrons. The summed E-state index contributed by atoms with van der Waals surface area (Å²) < 4.78 is 16.0. The SMILES string of the molecule is COc1ccccc1C(NCCC(=O)O)(OC)OC. The molecule has 0 fully saturated rings. The number of hydrogen-bond donors (Lipinski definition) is 2. The van der Waals surface area contributed by atoms with Crippen molar-refractivity contribution in [2.75, 3.05) is 27.9 Å². The molecule has 0 atom stereocenters. The fourth-order valence-corrected chi connectivity index (χ4v) is 1.79. The second kappa shape index (κ2) is 7.08. The Morgan fingerprint density at radius 2 is 1.89 bits per heavy atom. The normalized spacial score (nSPS) is 11.3. The van der Waals surface area contributed by atoms with Crippen molar-refractivity contribution in [1.29, 1.82) is 0 Å². The molecule has 0 saturated heterocycles. The van der Waals surface area contributed by atoms with Gasteiger partial charge in [0.15, 0.2) is 0 Å². The van der Waals surface area contributed by atoms with Gasteiger partial charge in [-0.1, -0.05) is 12.1 Å². The van der Waals surface area contributed by atoms with E-state index in [0.29, 0.717) is 11.3 Å². The maximum Gasteiger partial charge on any atom is 0.304 e. The van der Waals surface area contributed by atoms with Crippen molar-refractivity contribution >= 4 is 5.97 Å². The number of hydrogen-bond acceptors (Lipinski definition) is 5. The van der Waals surface area contributed by atoms with E-state index in [2.05, 4.69) is 5.32 Å². The van der Waals surface area contributed by atoms with Crippen LogP contribution in [0.4, 0.5) is 0 Å². The zero-order valence-electron chi connectivity index (χ0n) is 11.3. The minimum absolute atomic E-state index is 0.0381. The molecule has 1 aromatic carbocycles. The Kier molecular flexibility index (Phi) is 5.75. The van der Waals surface area contributed by atoms with Crippen LogP contribution in [0.15, 0.2) is 24.3 Å². The minimum Gasteiger partial charge on any atom is -0.496 e. The van der Waals surface area contributed by atoms with E-state index < -0.39 is 11.9 Å². The first kappa shape index (κ1) is 15.4. The van der Waals surface area contributed by atoms with Gasteiger partial charge in [0.05, 0.1) is 19.1 Å². The van der Waals surface area contributed by atoms with E-state index in [0.717, 1.165) is 0 Å². The molecule has 0 spiro atoms. The first-order valence-electron chi connectivity index (χ1n) is 5.80. The van der Waals surface area contributed by atoms with Crippen molar-refractivity contribution in [3.05, 3.63) is 29.8 Å². The molecule has 0 saturated carbocycles. The summed E-state index contributed by atoms with van der Waals surface area (Å²) in [5.41, 5.74) is 0.646. The quantitative estimate of drug-likeness (QED) is 0.690. The zero-order valence-corrected chi connectivity index (χ0v) is 11.3. The van der Waals surface area contributed by atoms with Gasteiger partial charge >= 0.3 is 5.97 Å². The van der Waals surface area contributed by atoms with E-state index in [1.54, 1.807) is 19.2 Å². The van der Waals surface area contributed by atoms with Gasteiger partial charge in [0.2, 0.25) is 0 Å². The van der Waals surface area contributed by atoms with E-state index in [9.17, 15) is 4.79 Å². The van der Waals surface area contributed by atoms with Crippen molar-refractivity contribution in [1.82, 2.24) is 5.32 Å². The number of carboxylic acid groups (broad SMARTS) is 1. The Morgan fingerprint density at radius 3 is 2.42 bits per heavy atom. The minimum atomic E-state index is -1.23. The highest BCUT2D eigenvalue weighted by atomic mass is 16.7. The van der Waals surface area contributed by atoms with E-state index in [4.69, 9.17) is 19.3 Å². The summed E-state index contributed by atoms with van der Waals surface area (Å²) in [6, 6.07) is 7.22. The third-order valence-corrected chi connectivity index (χ3v) is 2.73. The molecule has 0 bridgehead atoms. The molecule has 0 aliphatic rings. The summed E-state index contributed by atoms with van der Waals surface area (Å²) in [6.07, 6.45) is -0.0381. The number of rotatable bonds is 8. The van der Waals surface area contributed by atoms with Gasteiger partial charge in [0.25, 0.3) is 5.91 Å². The van der Waals surface area contributed by atoms with E-state index in [-0.39, 0.29) is 13.0 Å². The van der Waals surface area contributed by atoms with Crippen molar-refractivity contribution in [3.8, 4) is 5.75 Å². The molecule has 2 N–H and O–H groups in total. The van der Waals surface area contributed by atoms with Crippen LogP contribution < -0.4 is 10.1 Å². The van der Waals surface area contributed by atoms with Gasteiger partial charge in [-0.15, -0.1) is 0 Å². The predicted molar refractivity (Wildman–Crippen MR) is 68.9 cm³/mol. The number of methoxy groups -OCH3 is 3. The van der Waals surface area contributed by atoms with Gasteiger partial charge < -0.3 is 19.3 Å². The zero-order chi connectivity index (χ0) is 14.3. The van der Waals surface area contributed by atoms with Crippen LogP contribution in [-0.2, 0) is 20.2 Å². The highest BCUT2D eigenvalue weighted by Gasteiger charge is 2.34. The summed E-state index contributed by atoms with van der Waals surface area (Å²) in [5.74, 6) is -1.54. The largest absolute Gasteiger partial charge is 0.496 e. The number of aliphatic carboxylic acids is 1. The lowest BCUT2D eigenvalue weighted by Crippen LogP contribution is -2.46. The Labute approximate surface area is 112 Å². The van der Waals surface area contributed by atoms with E-state index in [1.807, 2.05) is 12.1 Å². The van der Waals surface area contributed by atoms with Gasteiger partial charge in [-0.25, -0.2) is 0 Å². The Morgan fingerprint density at radius 1 is 1.26 bits per heavy atom. The third-order valence-electron chi connectivity index (χ3n) is 2.73. The molecule has 0 aliphatic heterocycles. The van der Waals surface area contributed by atoms with Crippen LogP contribution in [0.1, 0.15) is 12.0 Å². The first-order valence-corrected chi connectivity index (χ1v) is 5.80. The van der Waals surface area contributed by atoms with Gasteiger partial charge in [0, 0.05) is 20.8 Å². The Bertz CT molecular complexity index is 417. The van der Waals surface area contributed by atoms with Gasteiger partial charge in [-0.05, 0) is 12.1 Å². The monoisotopic (exact) mass is 269 g/mol. The average Bonchev–Trinajstić information content (AvgIpc) is 2.44. The van der Waals surface area contributed by atoms with E-state index >= 15 is 0 Å². The number of carboxylic acids is 1. The summed E-state index contributed by atoms with van der Waals surface area (Å²) in [4.78, 5) is 10.6. The van der Waals surface area contributed by atoms with Crippen LogP contribution in [0, 0.1) is 0 Å². The molecule has 1 rings (SSSR count). The van der Waals surface area contributed by atoms with Crippen LogP contribution in [0.5, 0.6) is 5.75 Å². The van der Waals surface area contributed by atoms with Crippen molar-refractivity contribution in [2.45, 2.75) is 12.3 Å². The van der Waals surface area contributed by atoms with Crippen molar-refractivity contribution in [2.24, 2.45) is 0 Å². The number of carbonyl (C=O) groups is 1. The highest BCUT2D eigenvalue weighted by molar-refractivity contribution is 5.66. The molecule has 0 heterocycles. The highest BCUT2D eigenvalue weighted by Crippen LogP contribution is 2.31. The number of nitrogens with one attached hydrogen (secondary N) is 1. The summed E-state index contributed by atoms with van der Waals surface area (Å²) in [7, 11) is 4.50. The molecular weight excluding hydrogens is 250 g/mol. The van der Waals surface area contributed by atoms with Crippen molar-refractivity contribution < 1.29 is 24.1 Å². The van der Waals surface area contributed by atoms with Crippen molar-refractivity contribution in [3.63, 3.8) is 0 Å². The number of ether oxygens (including phenoxy) is 3. The maximum absolute atomic E-state index is 10.6. The van der Waals surface area contributed by atoms with E-state index in [1.165, 1.54) is 14.2 Å². The molecule has 1 aromatic rings. The molecule has 0 aliphatic carbocycles. The van der Waals surface area contributed by atoms with Crippen LogP contribution in [0.25, 0.3) is 0 Å². The summed E-state index contributed by atoms with van der Waals surface area (Å²) >= 11 is 0. The first-order chi connectivity index (χ1) is 9.09. The Balaban J connectivity index is 3.00. The molecule has 0 unspecified atom stereocenters. The van der Waals surface area contributed by atoms with Crippen LogP contribution >= 0.6 is 0 Å².